The summed E-state index contributed by atoms with van der Waals surface area (Å²) in [7, 11) is 0. The second-order valence-corrected chi connectivity index (χ2v) is 7.29. The summed E-state index contributed by atoms with van der Waals surface area (Å²) in [5.41, 5.74) is 1.43. The number of nitrogens with zero attached hydrogens (tertiary/aromatic N) is 2. The van der Waals surface area contributed by atoms with Crippen LogP contribution in [0.2, 0.25) is 0 Å². The number of thiazole rings is 2. The molecule has 0 aliphatic heterocycles. The van der Waals surface area contributed by atoms with Crippen LogP contribution >= 0.6 is 22.7 Å². The van der Waals surface area contributed by atoms with Gasteiger partial charge in [0, 0.05) is 29.4 Å². The lowest BCUT2D eigenvalue weighted by Crippen LogP contribution is -2.37. The Morgan fingerprint density at radius 3 is 2.50 bits per heavy atom. The Morgan fingerprint density at radius 1 is 1.04 bits per heavy atom. The zero-order chi connectivity index (χ0) is 20.1. The molecule has 28 heavy (non-hydrogen) atoms. The third-order valence-corrected chi connectivity index (χ3v) is 5.19. The molecule has 0 unspecified atom stereocenters. The Morgan fingerprint density at radius 2 is 1.79 bits per heavy atom. The standard InChI is InChI=1S/C17H13F3N4O2S2/c18-17(19,20)16(26)21-7-6-13-23-12(9-27-13)15-24-11(8-28-15)14(25)22-10-4-2-1-3-5-10/h1-5,8-9H,6-7H2,(H,21,26)(H,22,25). The van der Waals surface area contributed by atoms with Crippen molar-refractivity contribution < 1.29 is 22.8 Å². The molecule has 0 saturated carbocycles. The molecule has 2 aromatic heterocycles. The van der Waals surface area contributed by atoms with Gasteiger partial charge in [0.25, 0.3) is 5.91 Å². The van der Waals surface area contributed by atoms with Gasteiger partial charge in [0.1, 0.15) is 16.4 Å². The molecule has 0 bridgehead atoms. The molecule has 11 heteroatoms. The Balaban J connectivity index is 1.58. The number of para-hydroxylation sites is 1. The summed E-state index contributed by atoms with van der Waals surface area (Å²) in [5, 5.41) is 8.93. The number of anilines is 1. The van der Waals surface area contributed by atoms with E-state index in [1.807, 2.05) is 6.07 Å². The number of aromatic nitrogens is 2. The van der Waals surface area contributed by atoms with Gasteiger partial charge < -0.3 is 10.6 Å². The summed E-state index contributed by atoms with van der Waals surface area (Å²) in [4.78, 5) is 31.6. The quantitative estimate of drug-likeness (QED) is 0.629. The summed E-state index contributed by atoms with van der Waals surface area (Å²) in [6, 6.07) is 8.96. The molecule has 0 aliphatic rings. The number of rotatable bonds is 6. The largest absolute Gasteiger partial charge is 0.471 e. The monoisotopic (exact) mass is 426 g/mol. The minimum atomic E-state index is -4.90. The Labute approximate surface area is 165 Å². The van der Waals surface area contributed by atoms with Crippen molar-refractivity contribution in [2.24, 2.45) is 0 Å². The normalized spacial score (nSPS) is 11.2. The summed E-state index contributed by atoms with van der Waals surface area (Å²) in [6.07, 6.45) is -4.73. The molecule has 0 spiro atoms. The van der Waals surface area contributed by atoms with Gasteiger partial charge in [-0.1, -0.05) is 18.2 Å². The van der Waals surface area contributed by atoms with Crippen LogP contribution in [0.25, 0.3) is 10.7 Å². The zero-order valence-electron chi connectivity index (χ0n) is 14.1. The molecule has 1 aromatic carbocycles. The lowest BCUT2D eigenvalue weighted by Gasteiger charge is -2.06. The molecular formula is C17H13F3N4O2S2. The van der Waals surface area contributed by atoms with Gasteiger partial charge in [0.05, 0.1) is 5.01 Å². The molecule has 0 aliphatic carbocycles. The summed E-state index contributed by atoms with van der Waals surface area (Å²) >= 11 is 2.49. The highest BCUT2D eigenvalue weighted by molar-refractivity contribution is 7.14. The highest BCUT2D eigenvalue weighted by Crippen LogP contribution is 2.26. The molecule has 0 fully saturated rings. The molecular weight excluding hydrogens is 413 g/mol. The second-order valence-electron chi connectivity index (χ2n) is 5.49. The fourth-order valence-electron chi connectivity index (χ4n) is 2.12. The van der Waals surface area contributed by atoms with Crippen LogP contribution in [0.5, 0.6) is 0 Å². The minimum absolute atomic E-state index is 0.166. The Bertz CT molecular complexity index is 970. The van der Waals surface area contributed by atoms with Gasteiger partial charge in [0.15, 0.2) is 0 Å². The van der Waals surface area contributed by atoms with Crippen LogP contribution in [-0.2, 0) is 11.2 Å². The van der Waals surface area contributed by atoms with Crippen LogP contribution in [0, 0.1) is 0 Å². The van der Waals surface area contributed by atoms with E-state index in [0.29, 0.717) is 21.4 Å². The maximum Gasteiger partial charge on any atom is 0.471 e. The van der Waals surface area contributed by atoms with Gasteiger partial charge in [-0.2, -0.15) is 13.2 Å². The number of hydrogen-bond acceptors (Lipinski definition) is 6. The van der Waals surface area contributed by atoms with E-state index in [9.17, 15) is 22.8 Å². The van der Waals surface area contributed by atoms with Crippen molar-refractivity contribution in [1.82, 2.24) is 15.3 Å². The predicted octanol–water partition coefficient (Wildman–Crippen LogP) is 3.74. The summed E-state index contributed by atoms with van der Waals surface area (Å²) in [6.45, 7) is -0.173. The van der Waals surface area contributed by atoms with E-state index < -0.39 is 12.1 Å². The molecule has 2 N–H and O–H groups in total. The third kappa shape index (κ3) is 5.14. The molecule has 2 amide bonds. The van der Waals surface area contributed by atoms with E-state index in [2.05, 4.69) is 15.3 Å². The molecule has 0 saturated heterocycles. The fraction of sp³-hybridized carbons (Fsp3) is 0.176. The van der Waals surface area contributed by atoms with Crippen molar-refractivity contribution in [3.8, 4) is 10.7 Å². The highest BCUT2D eigenvalue weighted by atomic mass is 32.1. The average molecular weight is 426 g/mol. The van der Waals surface area contributed by atoms with Crippen LogP contribution < -0.4 is 10.6 Å². The number of hydrogen-bond donors (Lipinski definition) is 2. The van der Waals surface area contributed by atoms with Crippen LogP contribution in [0.3, 0.4) is 0 Å². The van der Waals surface area contributed by atoms with Crippen LogP contribution in [0.1, 0.15) is 15.5 Å². The first kappa shape index (κ1) is 20.0. The number of nitrogens with one attached hydrogen (secondary N) is 2. The van der Waals surface area contributed by atoms with Crippen molar-refractivity contribution in [2.75, 3.05) is 11.9 Å². The van der Waals surface area contributed by atoms with Gasteiger partial charge in [-0.15, -0.1) is 22.7 Å². The van der Waals surface area contributed by atoms with E-state index in [1.54, 1.807) is 40.3 Å². The Kier molecular flexibility index (Phi) is 6.05. The first-order valence-corrected chi connectivity index (χ1v) is 9.70. The van der Waals surface area contributed by atoms with Crippen molar-refractivity contribution in [3.05, 3.63) is 51.8 Å². The van der Waals surface area contributed by atoms with Crippen LogP contribution in [0.4, 0.5) is 18.9 Å². The van der Waals surface area contributed by atoms with E-state index in [1.165, 1.54) is 22.7 Å². The molecule has 3 rings (SSSR count). The molecule has 0 radical (unpaired) electrons. The molecule has 146 valence electrons. The molecule has 0 atom stereocenters. The number of halogens is 3. The first-order valence-electron chi connectivity index (χ1n) is 7.94. The maximum atomic E-state index is 12.2. The van der Waals surface area contributed by atoms with Crippen LogP contribution in [0.15, 0.2) is 41.1 Å². The fourth-order valence-corrected chi connectivity index (χ4v) is 3.74. The van der Waals surface area contributed by atoms with Crippen molar-refractivity contribution in [1.29, 1.82) is 0 Å². The predicted molar refractivity (Wildman–Crippen MR) is 100 cm³/mol. The lowest BCUT2D eigenvalue weighted by atomic mass is 10.3. The lowest BCUT2D eigenvalue weighted by molar-refractivity contribution is -0.173. The van der Waals surface area contributed by atoms with Gasteiger partial charge in [-0.05, 0) is 12.1 Å². The number of benzene rings is 1. The maximum absolute atomic E-state index is 12.2. The number of carbonyl (C=O) groups is 2. The molecule has 6 nitrogen and oxygen atoms in total. The Hall–Kier alpha value is -2.79. The topological polar surface area (TPSA) is 84.0 Å². The summed E-state index contributed by atoms with van der Waals surface area (Å²) < 4.78 is 36.4. The summed E-state index contributed by atoms with van der Waals surface area (Å²) in [5.74, 6) is -2.32. The second kappa shape index (κ2) is 8.48. The van der Waals surface area contributed by atoms with Crippen molar-refractivity contribution >= 4 is 40.2 Å². The third-order valence-electron chi connectivity index (χ3n) is 3.42. The van der Waals surface area contributed by atoms with Gasteiger partial charge in [-0.25, -0.2) is 9.97 Å². The SMILES string of the molecule is O=C(Nc1ccccc1)c1csc(-c2csc(CCNC(=O)C(F)(F)F)n2)n1. The number of amides is 2. The number of carbonyl (C=O) groups excluding carboxylic acids is 2. The van der Waals surface area contributed by atoms with Gasteiger partial charge in [0.2, 0.25) is 0 Å². The van der Waals surface area contributed by atoms with Crippen LogP contribution in [-0.4, -0.2) is 34.5 Å². The van der Waals surface area contributed by atoms with E-state index in [-0.39, 0.29) is 24.6 Å². The zero-order valence-corrected chi connectivity index (χ0v) is 15.7. The molecule has 3 aromatic rings. The first-order chi connectivity index (χ1) is 13.3. The van der Waals surface area contributed by atoms with Gasteiger partial charge >= 0.3 is 12.1 Å². The molecule has 2 heterocycles. The van der Waals surface area contributed by atoms with E-state index in [4.69, 9.17) is 0 Å². The van der Waals surface area contributed by atoms with E-state index in [0.717, 1.165) is 0 Å². The smallest absolute Gasteiger partial charge is 0.348 e. The minimum Gasteiger partial charge on any atom is -0.348 e. The van der Waals surface area contributed by atoms with Crippen molar-refractivity contribution in [3.63, 3.8) is 0 Å². The number of alkyl halides is 3. The van der Waals surface area contributed by atoms with Gasteiger partial charge in [-0.3, -0.25) is 9.59 Å². The highest BCUT2D eigenvalue weighted by Gasteiger charge is 2.38. The van der Waals surface area contributed by atoms with E-state index >= 15 is 0 Å². The average Bonchev–Trinajstić information content (AvgIpc) is 3.31. The van der Waals surface area contributed by atoms with Crippen molar-refractivity contribution in [2.45, 2.75) is 12.6 Å².